The lowest BCUT2D eigenvalue weighted by atomic mass is 9.96. The van der Waals surface area contributed by atoms with Crippen LogP contribution in [0, 0.1) is 6.92 Å². The van der Waals surface area contributed by atoms with Crippen molar-refractivity contribution in [1.82, 2.24) is 15.1 Å². The van der Waals surface area contributed by atoms with Crippen LogP contribution in [0.1, 0.15) is 53.5 Å². The van der Waals surface area contributed by atoms with Crippen molar-refractivity contribution in [3.63, 3.8) is 0 Å². The number of hydrogen-bond donors (Lipinski definition) is 2. The summed E-state index contributed by atoms with van der Waals surface area (Å²) in [4.78, 5) is 12.4. The number of nitrogens with one attached hydrogen (secondary N) is 1. The third kappa shape index (κ3) is 2.77. The Balaban J connectivity index is 1.73. The van der Waals surface area contributed by atoms with Gasteiger partial charge in [-0.05, 0) is 44.7 Å². The molecule has 122 valence electrons. The summed E-state index contributed by atoms with van der Waals surface area (Å²) in [7, 11) is 0. The fourth-order valence-corrected chi connectivity index (χ4v) is 3.34. The molecule has 5 nitrogen and oxygen atoms in total. The molecule has 1 amide bonds. The number of rotatable bonds is 4. The molecule has 2 aromatic rings. The summed E-state index contributed by atoms with van der Waals surface area (Å²) >= 11 is 0. The smallest absolute Gasteiger partial charge is 0.254 e. The molecule has 0 bridgehead atoms. The summed E-state index contributed by atoms with van der Waals surface area (Å²) in [6.45, 7) is 6.16. The first-order valence-electron chi connectivity index (χ1n) is 8.05. The van der Waals surface area contributed by atoms with Gasteiger partial charge in [0.1, 0.15) is 5.60 Å². The molecule has 23 heavy (non-hydrogen) atoms. The third-order valence-corrected chi connectivity index (χ3v) is 4.65. The summed E-state index contributed by atoms with van der Waals surface area (Å²) in [5.74, 6) is -0.188. The molecule has 1 unspecified atom stereocenters. The van der Waals surface area contributed by atoms with Gasteiger partial charge >= 0.3 is 0 Å². The average molecular weight is 313 g/mol. The number of nitrogens with zero attached hydrogens (tertiary/aromatic N) is 2. The average Bonchev–Trinajstić information content (AvgIpc) is 3.07. The van der Waals surface area contributed by atoms with Gasteiger partial charge in [0.2, 0.25) is 0 Å². The number of fused-ring (bicyclic) bond motifs is 1. The van der Waals surface area contributed by atoms with Gasteiger partial charge in [-0.15, -0.1) is 0 Å². The monoisotopic (exact) mass is 313 g/mol. The fourth-order valence-electron chi connectivity index (χ4n) is 3.34. The van der Waals surface area contributed by atoms with E-state index in [0.29, 0.717) is 12.0 Å². The third-order valence-electron chi connectivity index (χ3n) is 4.65. The molecule has 3 rings (SSSR count). The van der Waals surface area contributed by atoms with E-state index in [-0.39, 0.29) is 18.5 Å². The molecular formula is C18H23N3O2. The van der Waals surface area contributed by atoms with Crippen molar-refractivity contribution < 1.29 is 9.90 Å². The number of aromatic nitrogens is 2. The Labute approximate surface area is 136 Å². The largest absolute Gasteiger partial charge is 0.383 e. The highest BCUT2D eigenvalue weighted by atomic mass is 16.3. The lowest BCUT2D eigenvalue weighted by Gasteiger charge is -2.24. The van der Waals surface area contributed by atoms with E-state index >= 15 is 0 Å². The number of aliphatic hydroxyl groups is 1. The number of benzene rings is 1. The number of hydrogen-bond acceptors (Lipinski definition) is 3. The van der Waals surface area contributed by atoms with Gasteiger partial charge in [-0.25, -0.2) is 0 Å². The zero-order chi connectivity index (χ0) is 16.6. The van der Waals surface area contributed by atoms with E-state index in [9.17, 15) is 9.90 Å². The molecule has 0 radical (unpaired) electrons. The Morgan fingerprint density at radius 2 is 2.17 bits per heavy atom. The number of carbonyl (C=O) groups is 1. The molecule has 1 aromatic heterocycles. The number of aryl methyl sites for hydroxylation is 1. The Kier molecular flexibility index (Phi) is 3.98. The van der Waals surface area contributed by atoms with Crippen molar-refractivity contribution in [3.05, 3.63) is 52.8 Å². The quantitative estimate of drug-likeness (QED) is 0.910. The SMILES string of the molecule is Cc1c(C(=O)NCC2(O)CCc3ccccc32)cnn1C(C)C. The van der Waals surface area contributed by atoms with Crippen LogP contribution in [0.15, 0.2) is 30.5 Å². The van der Waals surface area contributed by atoms with Crippen molar-refractivity contribution in [3.8, 4) is 0 Å². The van der Waals surface area contributed by atoms with E-state index in [4.69, 9.17) is 0 Å². The van der Waals surface area contributed by atoms with Crippen LogP contribution in [-0.4, -0.2) is 27.3 Å². The second-order valence-corrected chi connectivity index (χ2v) is 6.55. The normalized spacial score (nSPS) is 19.9. The molecule has 0 aliphatic heterocycles. The van der Waals surface area contributed by atoms with Crippen molar-refractivity contribution in [2.75, 3.05) is 6.54 Å². The first-order chi connectivity index (χ1) is 10.9. The Morgan fingerprint density at radius 3 is 2.87 bits per heavy atom. The van der Waals surface area contributed by atoms with Gasteiger partial charge in [-0.1, -0.05) is 24.3 Å². The second kappa shape index (κ2) is 5.81. The zero-order valence-electron chi connectivity index (χ0n) is 13.8. The van der Waals surface area contributed by atoms with Crippen molar-refractivity contribution in [2.24, 2.45) is 0 Å². The minimum Gasteiger partial charge on any atom is -0.383 e. The van der Waals surface area contributed by atoms with E-state index < -0.39 is 5.60 Å². The van der Waals surface area contributed by atoms with Crippen molar-refractivity contribution in [1.29, 1.82) is 0 Å². The summed E-state index contributed by atoms with van der Waals surface area (Å²) in [5, 5.41) is 18.0. The minimum absolute atomic E-state index is 0.188. The maximum atomic E-state index is 12.4. The van der Waals surface area contributed by atoms with Gasteiger partial charge in [0.25, 0.3) is 5.91 Å². The summed E-state index contributed by atoms with van der Waals surface area (Å²) in [6.07, 6.45) is 3.07. The van der Waals surface area contributed by atoms with Crippen molar-refractivity contribution >= 4 is 5.91 Å². The van der Waals surface area contributed by atoms with Gasteiger partial charge in [0.15, 0.2) is 0 Å². The predicted octanol–water partition coefficient (Wildman–Crippen LogP) is 2.34. The van der Waals surface area contributed by atoms with E-state index in [1.165, 1.54) is 0 Å². The van der Waals surface area contributed by atoms with E-state index in [2.05, 4.69) is 10.4 Å². The Hall–Kier alpha value is -2.14. The first kappa shape index (κ1) is 15.7. The Morgan fingerprint density at radius 1 is 1.43 bits per heavy atom. The Bertz CT molecular complexity index is 736. The molecule has 0 saturated heterocycles. The highest BCUT2D eigenvalue weighted by Crippen LogP contribution is 2.36. The lowest BCUT2D eigenvalue weighted by molar-refractivity contribution is 0.0369. The number of amides is 1. The van der Waals surface area contributed by atoms with Crippen LogP contribution in [0.4, 0.5) is 0 Å². The van der Waals surface area contributed by atoms with Crippen LogP contribution in [0.2, 0.25) is 0 Å². The van der Waals surface area contributed by atoms with Gasteiger partial charge in [-0.2, -0.15) is 5.10 Å². The number of carbonyl (C=O) groups excluding carboxylic acids is 1. The van der Waals surface area contributed by atoms with Gasteiger partial charge in [0.05, 0.1) is 18.3 Å². The maximum absolute atomic E-state index is 12.4. The molecular weight excluding hydrogens is 290 g/mol. The molecule has 1 heterocycles. The van der Waals surface area contributed by atoms with Crippen LogP contribution in [0.3, 0.4) is 0 Å². The molecule has 1 atom stereocenters. The van der Waals surface area contributed by atoms with Crippen LogP contribution in [0.5, 0.6) is 0 Å². The molecule has 1 aliphatic carbocycles. The van der Waals surface area contributed by atoms with E-state index in [0.717, 1.165) is 23.2 Å². The highest BCUT2D eigenvalue weighted by molar-refractivity contribution is 5.95. The van der Waals surface area contributed by atoms with E-state index in [1.807, 2.05) is 49.7 Å². The van der Waals surface area contributed by atoms with Crippen LogP contribution in [-0.2, 0) is 12.0 Å². The molecule has 0 fully saturated rings. The zero-order valence-corrected chi connectivity index (χ0v) is 13.8. The second-order valence-electron chi connectivity index (χ2n) is 6.55. The van der Waals surface area contributed by atoms with Crippen molar-refractivity contribution in [2.45, 2.75) is 45.3 Å². The predicted molar refractivity (Wildman–Crippen MR) is 88.3 cm³/mol. The standard InChI is InChI=1S/C18H23N3O2/c1-12(2)21-13(3)15(10-20-21)17(22)19-11-18(23)9-8-14-6-4-5-7-16(14)18/h4-7,10,12,23H,8-9,11H2,1-3H3,(H,19,22). The minimum atomic E-state index is -0.978. The fraction of sp³-hybridized carbons (Fsp3) is 0.444. The van der Waals surface area contributed by atoms with Crippen LogP contribution < -0.4 is 5.32 Å². The first-order valence-corrected chi connectivity index (χ1v) is 8.05. The van der Waals surface area contributed by atoms with E-state index in [1.54, 1.807) is 6.20 Å². The van der Waals surface area contributed by atoms with Gasteiger partial charge < -0.3 is 10.4 Å². The molecule has 0 saturated carbocycles. The molecule has 5 heteroatoms. The highest BCUT2D eigenvalue weighted by Gasteiger charge is 2.36. The summed E-state index contributed by atoms with van der Waals surface area (Å²) < 4.78 is 1.83. The molecule has 1 aromatic carbocycles. The maximum Gasteiger partial charge on any atom is 0.254 e. The summed E-state index contributed by atoms with van der Waals surface area (Å²) in [6, 6.07) is 8.09. The molecule has 2 N–H and O–H groups in total. The molecule has 1 aliphatic rings. The topological polar surface area (TPSA) is 67.2 Å². The van der Waals surface area contributed by atoms with Crippen LogP contribution >= 0.6 is 0 Å². The molecule has 0 spiro atoms. The van der Waals surface area contributed by atoms with Gasteiger partial charge in [0, 0.05) is 11.7 Å². The summed E-state index contributed by atoms with van der Waals surface area (Å²) in [5.41, 5.74) is 2.52. The lowest BCUT2D eigenvalue weighted by Crippen LogP contribution is -2.39. The van der Waals surface area contributed by atoms with Gasteiger partial charge in [-0.3, -0.25) is 9.48 Å². The van der Waals surface area contributed by atoms with Crippen LogP contribution in [0.25, 0.3) is 0 Å².